The zero-order chi connectivity index (χ0) is 33.3. The smallest absolute Gasteiger partial charge is 0.274 e. The number of oxazole rings is 1. The molecule has 5 rings (SSSR count). The highest BCUT2D eigenvalue weighted by molar-refractivity contribution is 7.09. The Hall–Kier alpha value is -4.10. The minimum Gasteiger partial charge on any atom is -0.443 e. The van der Waals surface area contributed by atoms with Gasteiger partial charge in [-0.1, -0.05) is 50.6 Å². The summed E-state index contributed by atoms with van der Waals surface area (Å²) < 4.78 is 6.02. The molecule has 3 aromatic rings. The predicted octanol–water partition coefficient (Wildman–Crippen LogP) is 3.80. The molecule has 2 aliphatic rings. The molecule has 1 fully saturated rings. The lowest BCUT2D eigenvalue weighted by Crippen LogP contribution is -2.45. The molecule has 1 unspecified atom stereocenters. The quantitative estimate of drug-likeness (QED) is 0.373. The van der Waals surface area contributed by atoms with Crippen molar-refractivity contribution in [3.8, 4) is 0 Å². The van der Waals surface area contributed by atoms with Crippen molar-refractivity contribution in [2.24, 2.45) is 5.92 Å². The fraction of sp³-hybridized carbons (Fsp3) is 0.529. The number of thiazole rings is 1. The molecule has 3 N–H and O–H groups in total. The maximum absolute atomic E-state index is 13.5. The Morgan fingerprint density at radius 2 is 1.74 bits per heavy atom. The van der Waals surface area contributed by atoms with Gasteiger partial charge in [0.05, 0.1) is 12.6 Å². The van der Waals surface area contributed by atoms with Gasteiger partial charge in [0.2, 0.25) is 17.7 Å². The Morgan fingerprint density at radius 3 is 2.49 bits per heavy atom. The Balaban J connectivity index is 1.41. The van der Waals surface area contributed by atoms with E-state index in [2.05, 4.69) is 30.8 Å². The number of nitrogens with zero attached hydrogens (tertiary/aromatic N) is 4. The van der Waals surface area contributed by atoms with E-state index in [0.717, 1.165) is 31.5 Å². The molecule has 1 aromatic carbocycles. The number of rotatable bonds is 5. The summed E-state index contributed by atoms with van der Waals surface area (Å²) in [6.45, 7) is 8.66. The summed E-state index contributed by atoms with van der Waals surface area (Å²) in [5, 5.41) is 11.3. The summed E-state index contributed by atoms with van der Waals surface area (Å²) in [4.78, 5) is 66.3. The van der Waals surface area contributed by atoms with E-state index in [0.29, 0.717) is 43.2 Å². The number of aryl methyl sites for hydroxylation is 1. The van der Waals surface area contributed by atoms with Crippen LogP contribution in [0.2, 0.25) is 0 Å². The zero-order valence-corrected chi connectivity index (χ0v) is 28.2. The number of nitrogens with one attached hydrogen (secondary N) is 3. The van der Waals surface area contributed by atoms with Gasteiger partial charge < -0.3 is 25.3 Å². The highest BCUT2D eigenvalue weighted by Gasteiger charge is 2.29. The molecule has 0 spiro atoms. The number of aromatic nitrogens is 2. The molecule has 4 heterocycles. The average Bonchev–Trinajstić information content (AvgIpc) is 3.70. The first-order valence-electron chi connectivity index (χ1n) is 16.5. The number of fused-ring (bicyclic) bond motifs is 4. The second-order valence-corrected chi connectivity index (χ2v) is 13.5. The van der Waals surface area contributed by atoms with Gasteiger partial charge in [0.15, 0.2) is 5.69 Å². The third-order valence-corrected chi connectivity index (χ3v) is 9.51. The van der Waals surface area contributed by atoms with Crippen molar-refractivity contribution in [2.45, 2.75) is 71.4 Å². The van der Waals surface area contributed by atoms with Crippen LogP contribution in [0.1, 0.15) is 101 Å². The van der Waals surface area contributed by atoms with Crippen molar-refractivity contribution in [1.29, 1.82) is 0 Å². The summed E-state index contributed by atoms with van der Waals surface area (Å²) in [6, 6.07) is 8.63. The topological polar surface area (TPSA) is 150 Å². The lowest BCUT2D eigenvalue weighted by atomic mass is 10.0. The van der Waals surface area contributed by atoms with Crippen LogP contribution in [0.4, 0.5) is 0 Å². The molecule has 0 radical (unpaired) electrons. The molecule has 2 aliphatic heterocycles. The monoisotopic (exact) mass is 663 g/mol. The first-order chi connectivity index (χ1) is 22.7. The molecule has 47 heavy (non-hydrogen) atoms. The number of carbonyl (C=O) groups is 4. The molecule has 2 aromatic heterocycles. The molecule has 252 valence electrons. The van der Waals surface area contributed by atoms with E-state index in [1.165, 1.54) is 17.8 Å². The molecule has 12 nitrogen and oxygen atoms in total. The zero-order valence-electron chi connectivity index (χ0n) is 27.4. The van der Waals surface area contributed by atoms with E-state index in [-0.39, 0.29) is 53.9 Å². The number of benzene rings is 1. The first kappa shape index (κ1) is 34.2. The third kappa shape index (κ3) is 9.25. The van der Waals surface area contributed by atoms with Crippen LogP contribution in [-0.4, -0.2) is 82.7 Å². The molecule has 4 bridgehead atoms. The van der Waals surface area contributed by atoms with E-state index < -0.39 is 18.0 Å². The van der Waals surface area contributed by atoms with Gasteiger partial charge >= 0.3 is 0 Å². The van der Waals surface area contributed by atoms with Crippen LogP contribution in [0.3, 0.4) is 0 Å². The van der Waals surface area contributed by atoms with Crippen LogP contribution in [0.25, 0.3) is 0 Å². The Labute approximate surface area is 279 Å². The van der Waals surface area contributed by atoms with Gasteiger partial charge in [0, 0.05) is 37.9 Å². The molecule has 0 aliphatic carbocycles. The van der Waals surface area contributed by atoms with Gasteiger partial charge in [-0.25, -0.2) is 9.97 Å². The number of amides is 4. The summed E-state index contributed by atoms with van der Waals surface area (Å²) in [7, 11) is 0. The number of carbonyl (C=O) groups excluding carboxylic acids is 4. The average molecular weight is 664 g/mol. The van der Waals surface area contributed by atoms with E-state index in [9.17, 15) is 19.2 Å². The number of hydrogen-bond donors (Lipinski definition) is 3. The van der Waals surface area contributed by atoms with E-state index >= 15 is 0 Å². The highest BCUT2D eigenvalue weighted by Crippen LogP contribution is 2.27. The summed E-state index contributed by atoms with van der Waals surface area (Å²) in [6.07, 6.45) is 4.37. The van der Waals surface area contributed by atoms with E-state index in [1.807, 2.05) is 44.2 Å². The van der Waals surface area contributed by atoms with Crippen molar-refractivity contribution in [3.05, 3.63) is 69.3 Å². The molecule has 4 amide bonds. The van der Waals surface area contributed by atoms with Crippen molar-refractivity contribution >= 4 is 35.0 Å². The van der Waals surface area contributed by atoms with Crippen molar-refractivity contribution < 1.29 is 23.6 Å². The molecular formula is C34H45N7O5S. The Morgan fingerprint density at radius 1 is 0.979 bits per heavy atom. The Kier molecular flexibility index (Phi) is 11.8. The second kappa shape index (κ2) is 16.1. The van der Waals surface area contributed by atoms with Crippen LogP contribution in [0.5, 0.6) is 0 Å². The lowest BCUT2D eigenvalue weighted by molar-refractivity contribution is -0.133. The van der Waals surface area contributed by atoms with Crippen LogP contribution in [0, 0.1) is 12.8 Å². The van der Waals surface area contributed by atoms with E-state index in [1.54, 1.807) is 17.2 Å². The number of likely N-dealkylation sites (tertiary alicyclic amines) is 1. The van der Waals surface area contributed by atoms with Gasteiger partial charge in [0.1, 0.15) is 22.5 Å². The van der Waals surface area contributed by atoms with Crippen molar-refractivity contribution in [1.82, 2.24) is 35.7 Å². The van der Waals surface area contributed by atoms with Gasteiger partial charge in [-0.05, 0) is 50.8 Å². The van der Waals surface area contributed by atoms with E-state index in [4.69, 9.17) is 4.42 Å². The molecule has 0 saturated carbocycles. The van der Waals surface area contributed by atoms with Crippen LogP contribution in [-0.2, 0) is 16.0 Å². The van der Waals surface area contributed by atoms with Crippen molar-refractivity contribution in [2.75, 3.05) is 39.3 Å². The van der Waals surface area contributed by atoms with Crippen LogP contribution in [0.15, 0.2) is 40.1 Å². The second-order valence-electron chi connectivity index (χ2n) is 12.6. The first-order valence-corrected chi connectivity index (χ1v) is 17.4. The highest BCUT2D eigenvalue weighted by atomic mass is 32.1. The largest absolute Gasteiger partial charge is 0.443 e. The summed E-state index contributed by atoms with van der Waals surface area (Å²) in [5.74, 6) is -0.453. The van der Waals surface area contributed by atoms with Crippen LogP contribution < -0.4 is 16.0 Å². The summed E-state index contributed by atoms with van der Waals surface area (Å²) in [5.41, 5.74) is 1.36. The molecule has 13 heteroatoms. The lowest BCUT2D eigenvalue weighted by Gasteiger charge is -2.29. The maximum atomic E-state index is 13.5. The SMILES string of the molecule is Cc1oc2nc1C(=O)NC(C(C)C)c1nc(cs1)C(=O)NCCN(C(=O)CN1CCCCC1)CCCC(=O)N[C@H]2Cc1ccccc1. The summed E-state index contributed by atoms with van der Waals surface area (Å²) >= 11 is 1.30. The van der Waals surface area contributed by atoms with Gasteiger partial charge in [-0.3, -0.25) is 24.1 Å². The minimum atomic E-state index is -0.606. The normalized spacial score (nSPS) is 20.8. The fourth-order valence-electron chi connectivity index (χ4n) is 5.95. The standard InChI is InChI=1S/C34H45N7O5S/c1-22(2)29-34-37-26(21-47-34)31(44)35-14-18-41(28(43)20-40-15-8-5-9-16-40)17-10-13-27(42)36-25(19-24-11-6-4-7-12-24)33-39-30(23(3)46-33)32(45)38-29/h4,6-7,11-12,21-22,25,29H,5,8-10,13-20H2,1-3H3,(H,35,44)(H,36,42)(H,38,45)/t25-,29?/m0/s1. The predicted molar refractivity (Wildman–Crippen MR) is 178 cm³/mol. The van der Waals surface area contributed by atoms with Crippen LogP contribution >= 0.6 is 11.3 Å². The molecule has 2 atom stereocenters. The van der Waals surface area contributed by atoms with Gasteiger partial charge in [-0.15, -0.1) is 11.3 Å². The fourth-order valence-corrected chi connectivity index (χ4v) is 6.97. The van der Waals surface area contributed by atoms with Crippen molar-refractivity contribution in [3.63, 3.8) is 0 Å². The minimum absolute atomic E-state index is 0.0140. The molecular weight excluding hydrogens is 618 g/mol. The number of hydrogen-bond acceptors (Lipinski definition) is 9. The Bertz CT molecular complexity index is 1530. The molecule has 1 saturated heterocycles. The number of piperidine rings is 1. The van der Waals surface area contributed by atoms with Gasteiger partial charge in [0.25, 0.3) is 11.8 Å². The third-order valence-electron chi connectivity index (χ3n) is 8.58. The van der Waals surface area contributed by atoms with Gasteiger partial charge in [-0.2, -0.15) is 0 Å². The maximum Gasteiger partial charge on any atom is 0.274 e.